The van der Waals surface area contributed by atoms with Gasteiger partial charge in [0.25, 0.3) is 0 Å². The van der Waals surface area contributed by atoms with E-state index in [1.807, 2.05) is 6.92 Å². The lowest BCUT2D eigenvalue weighted by Crippen LogP contribution is -2.32. The van der Waals surface area contributed by atoms with Gasteiger partial charge >= 0.3 is 0 Å². The molecule has 0 amide bonds. The zero-order valence-electron chi connectivity index (χ0n) is 11.8. The molecule has 0 aromatic heterocycles. The Balaban J connectivity index is 1.94. The lowest BCUT2D eigenvalue weighted by atomic mass is 10.1. The predicted octanol–water partition coefficient (Wildman–Crippen LogP) is 1.20. The number of anilines is 1. The zero-order valence-corrected chi connectivity index (χ0v) is 12.6. The summed E-state index contributed by atoms with van der Waals surface area (Å²) in [5, 5.41) is 3.27. The molecule has 1 aliphatic heterocycles. The molecule has 1 unspecified atom stereocenters. The van der Waals surface area contributed by atoms with Crippen LogP contribution in [0.15, 0.2) is 18.2 Å². The quantitative estimate of drug-likeness (QED) is 0.882. The Bertz CT molecular complexity index is 555. The zero-order chi connectivity index (χ0) is 14.0. The van der Waals surface area contributed by atoms with Gasteiger partial charge in [-0.2, -0.15) is 0 Å². The van der Waals surface area contributed by atoms with Gasteiger partial charge in [0.1, 0.15) is 9.84 Å². The first-order valence-corrected chi connectivity index (χ1v) is 8.65. The molecule has 1 N–H and O–H groups in total. The van der Waals surface area contributed by atoms with Gasteiger partial charge in [-0.15, -0.1) is 0 Å². The van der Waals surface area contributed by atoms with Crippen molar-refractivity contribution in [1.29, 1.82) is 0 Å². The number of nitrogens with zero attached hydrogens (tertiary/aromatic N) is 1. The molecule has 0 aliphatic carbocycles. The Morgan fingerprint density at radius 3 is 2.84 bits per heavy atom. The number of fused-ring (bicyclic) bond motifs is 1. The molecule has 19 heavy (non-hydrogen) atoms. The van der Waals surface area contributed by atoms with Crippen LogP contribution in [-0.4, -0.2) is 40.1 Å². The molecular weight excluding hydrogens is 260 g/mol. The molecular formula is C14H22N2O2S. The third kappa shape index (κ3) is 3.94. The molecule has 0 saturated heterocycles. The smallest absolute Gasteiger partial charge is 0.148 e. The van der Waals surface area contributed by atoms with Crippen molar-refractivity contribution in [3.63, 3.8) is 0 Å². The predicted molar refractivity (Wildman–Crippen MR) is 79.4 cm³/mol. The highest BCUT2D eigenvalue weighted by atomic mass is 32.2. The molecule has 1 heterocycles. The van der Waals surface area contributed by atoms with Crippen molar-refractivity contribution in [2.24, 2.45) is 0 Å². The normalized spacial score (nSPS) is 16.5. The minimum atomic E-state index is -2.91. The fourth-order valence-electron chi connectivity index (χ4n) is 2.54. The van der Waals surface area contributed by atoms with E-state index < -0.39 is 9.84 Å². The first-order chi connectivity index (χ1) is 8.85. The summed E-state index contributed by atoms with van der Waals surface area (Å²) in [5.41, 5.74) is 3.92. The number of rotatable bonds is 5. The van der Waals surface area contributed by atoms with Gasteiger partial charge in [0, 0.05) is 38.1 Å². The number of hydrogen-bond donors (Lipinski definition) is 1. The largest absolute Gasteiger partial charge is 0.374 e. The number of sulfone groups is 1. The van der Waals surface area contributed by atoms with E-state index in [1.54, 1.807) is 0 Å². The fraction of sp³-hybridized carbons (Fsp3) is 0.571. The summed E-state index contributed by atoms with van der Waals surface area (Å²) in [6.07, 6.45) is 2.37. The minimum Gasteiger partial charge on any atom is -0.374 e. The van der Waals surface area contributed by atoms with Crippen LogP contribution in [0.25, 0.3) is 0 Å². The summed E-state index contributed by atoms with van der Waals surface area (Å²) in [6, 6.07) is 6.46. The molecule has 5 heteroatoms. The Labute approximate surface area is 115 Å². The SMILES string of the molecule is CC(CS(C)(=O)=O)NCc1ccc2c(c1)CCN2C. The van der Waals surface area contributed by atoms with Crippen LogP contribution in [0.1, 0.15) is 18.1 Å². The van der Waals surface area contributed by atoms with Crippen LogP contribution in [0.5, 0.6) is 0 Å². The highest BCUT2D eigenvalue weighted by Gasteiger charge is 2.16. The number of likely N-dealkylation sites (N-methyl/N-ethyl adjacent to an activating group) is 1. The molecule has 1 atom stereocenters. The second-order valence-electron chi connectivity index (χ2n) is 5.51. The molecule has 0 spiro atoms. The van der Waals surface area contributed by atoms with E-state index in [2.05, 4.69) is 35.5 Å². The van der Waals surface area contributed by atoms with E-state index in [-0.39, 0.29) is 11.8 Å². The van der Waals surface area contributed by atoms with Crippen molar-refractivity contribution < 1.29 is 8.42 Å². The first kappa shape index (κ1) is 14.3. The van der Waals surface area contributed by atoms with E-state index in [4.69, 9.17) is 0 Å². The van der Waals surface area contributed by atoms with Gasteiger partial charge < -0.3 is 10.2 Å². The maximum Gasteiger partial charge on any atom is 0.148 e. The Morgan fingerprint density at radius 2 is 2.16 bits per heavy atom. The van der Waals surface area contributed by atoms with Gasteiger partial charge in [-0.3, -0.25) is 0 Å². The number of benzene rings is 1. The third-order valence-electron chi connectivity index (χ3n) is 3.48. The summed E-state index contributed by atoms with van der Waals surface area (Å²) in [6.45, 7) is 3.70. The minimum absolute atomic E-state index is 0.0223. The van der Waals surface area contributed by atoms with Crippen molar-refractivity contribution >= 4 is 15.5 Å². The van der Waals surface area contributed by atoms with Crippen LogP contribution in [0.4, 0.5) is 5.69 Å². The lowest BCUT2D eigenvalue weighted by Gasteiger charge is -2.14. The summed E-state index contributed by atoms with van der Waals surface area (Å²) < 4.78 is 22.4. The maximum absolute atomic E-state index is 11.2. The second kappa shape index (κ2) is 5.51. The van der Waals surface area contributed by atoms with E-state index in [1.165, 1.54) is 23.1 Å². The van der Waals surface area contributed by atoms with Gasteiger partial charge in [0.15, 0.2) is 0 Å². The average Bonchev–Trinajstić information content (AvgIpc) is 2.66. The summed E-state index contributed by atoms with van der Waals surface area (Å²) in [4.78, 5) is 2.26. The van der Waals surface area contributed by atoms with Crippen molar-refractivity contribution in [1.82, 2.24) is 5.32 Å². The Morgan fingerprint density at radius 1 is 1.42 bits per heavy atom. The Kier molecular flexibility index (Phi) is 4.16. The van der Waals surface area contributed by atoms with Gasteiger partial charge in [-0.25, -0.2) is 8.42 Å². The van der Waals surface area contributed by atoms with E-state index in [0.29, 0.717) is 6.54 Å². The Hall–Kier alpha value is -1.07. The topological polar surface area (TPSA) is 49.4 Å². The number of hydrogen-bond acceptors (Lipinski definition) is 4. The molecule has 2 rings (SSSR count). The van der Waals surface area contributed by atoms with Crippen molar-refractivity contribution in [2.75, 3.05) is 30.5 Å². The molecule has 1 aromatic rings. The highest BCUT2D eigenvalue weighted by Crippen LogP contribution is 2.27. The summed E-state index contributed by atoms with van der Waals surface area (Å²) in [5.74, 6) is 0.181. The summed E-state index contributed by atoms with van der Waals surface area (Å²) >= 11 is 0. The van der Waals surface area contributed by atoms with Gasteiger partial charge in [-0.05, 0) is 30.5 Å². The first-order valence-electron chi connectivity index (χ1n) is 6.59. The van der Waals surface area contributed by atoms with E-state index in [0.717, 1.165) is 13.0 Å². The maximum atomic E-state index is 11.2. The van der Waals surface area contributed by atoms with Crippen molar-refractivity contribution in [3.8, 4) is 0 Å². The monoisotopic (exact) mass is 282 g/mol. The van der Waals surface area contributed by atoms with Crippen molar-refractivity contribution in [2.45, 2.75) is 25.9 Å². The standard InChI is InChI=1S/C14H22N2O2S/c1-11(10-19(3,17)18)15-9-12-4-5-14-13(8-12)6-7-16(14)2/h4-5,8,11,15H,6-7,9-10H2,1-3H3. The third-order valence-corrected chi connectivity index (χ3v) is 4.58. The van der Waals surface area contributed by atoms with Crippen LogP contribution < -0.4 is 10.2 Å². The lowest BCUT2D eigenvalue weighted by molar-refractivity contribution is 0.560. The van der Waals surface area contributed by atoms with Gasteiger partial charge in [0.05, 0.1) is 5.75 Å². The van der Waals surface area contributed by atoms with E-state index in [9.17, 15) is 8.42 Å². The van der Waals surface area contributed by atoms with Crippen molar-refractivity contribution in [3.05, 3.63) is 29.3 Å². The number of nitrogens with one attached hydrogen (secondary N) is 1. The average molecular weight is 282 g/mol. The van der Waals surface area contributed by atoms with Crippen LogP contribution in [0, 0.1) is 0 Å². The molecule has 0 saturated carbocycles. The van der Waals surface area contributed by atoms with Gasteiger partial charge in [-0.1, -0.05) is 12.1 Å². The molecule has 0 fully saturated rings. The van der Waals surface area contributed by atoms with Crippen LogP contribution in [0.2, 0.25) is 0 Å². The molecule has 106 valence electrons. The van der Waals surface area contributed by atoms with Crippen LogP contribution >= 0.6 is 0 Å². The molecule has 1 aromatic carbocycles. The van der Waals surface area contributed by atoms with Crippen LogP contribution in [-0.2, 0) is 22.8 Å². The molecule has 0 bridgehead atoms. The van der Waals surface area contributed by atoms with Gasteiger partial charge in [0.2, 0.25) is 0 Å². The molecule has 0 radical (unpaired) electrons. The van der Waals surface area contributed by atoms with E-state index >= 15 is 0 Å². The van der Waals surface area contributed by atoms with Crippen LogP contribution in [0.3, 0.4) is 0 Å². The second-order valence-corrected chi connectivity index (χ2v) is 7.69. The fourth-order valence-corrected chi connectivity index (χ4v) is 3.56. The molecule has 4 nitrogen and oxygen atoms in total. The summed E-state index contributed by atoms with van der Waals surface area (Å²) in [7, 11) is -0.805. The highest BCUT2D eigenvalue weighted by molar-refractivity contribution is 7.90. The molecule has 1 aliphatic rings.